The number of pyridine rings is 1. The number of urea groups is 1. The zero-order valence-electron chi connectivity index (χ0n) is 21.4. The number of nitrogens with one attached hydrogen (secondary N) is 1. The van der Waals surface area contributed by atoms with Crippen LogP contribution in [-0.2, 0) is 16.0 Å². The molecule has 3 fully saturated rings. The molecule has 39 heavy (non-hydrogen) atoms. The van der Waals surface area contributed by atoms with E-state index >= 15 is 0 Å². The molecule has 0 radical (unpaired) electrons. The maximum absolute atomic E-state index is 14.1. The van der Waals surface area contributed by atoms with Crippen molar-refractivity contribution in [3.8, 4) is 0 Å². The van der Waals surface area contributed by atoms with E-state index in [1.54, 1.807) is 18.2 Å². The van der Waals surface area contributed by atoms with Crippen molar-refractivity contribution in [3.05, 3.63) is 54.0 Å². The number of hydrogen-bond donors (Lipinski definition) is 2. The standard InChI is InChI=1S/C27H31F4N5O3/c1-35(18-9-5-8-17(28)14-18)24(37)21-19(12-15-10-11-33-20(32)13-15)22-25(39-22)36(21)26(38)34-23(27(29,30)31)16-6-3-2-4-7-16/h5,8-11,13-14,16,19,21-23,25H,2-4,6-7,12H2,1H3,(H2,32,33)(H,34,38)/t19-,21+,22?,23+,25?/m1/s1. The SMILES string of the molecule is CN(C(=O)[C@@H]1[C@@H](Cc2ccnc(N)c2)C2OC2N1C(=O)N[C@@H](C1CCCCC1)C(F)(F)F)c1cccc(F)c1. The number of likely N-dealkylation sites (tertiary alicyclic amines) is 1. The fraction of sp³-hybridized carbons (Fsp3) is 0.519. The first-order chi connectivity index (χ1) is 18.5. The Morgan fingerprint density at radius 2 is 1.95 bits per heavy atom. The van der Waals surface area contributed by atoms with Gasteiger partial charge in [-0.2, -0.15) is 13.2 Å². The summed E-state index contributed by atoms with van der Waals surface area (Å²) in [5.74, 6) is -2.14. The van der Waals surface area contributed by atoms with Gasteiger partial charge in [0.05, 0.1) is 0 Å². The van der Waals surface area contributed by atoms with Gasteiger partial charge in [-0.3, -0.25) is 9.69 Å². The normalized spacial score (nSPS) is 25.6. The van der Waals surface area contributed by atoms with E-state index in [1.165, 1.54) is 36.3 Å². The van der Waals surface area contributed by atoms with Crippen molar-refractivity contribution in [2.45, 2.75) is 69.1 Å². The molecule has 1 aromatic carbocycles. The second-order valence-electron chi connectivity index (χ2n) is 10.5. The lowest BCUT2D eigenvalue weighted by molar-refractivity contribution is -0.168. The third-order valence-electron chi connectivity index (χ3n) is 7.99. The number of epoxide rings is 1. The summed E-state index contributed by atoms with van der Waals surface area (Å²) in [6.45, 7) is 0. The minimum Gasteiger partial charge on any atom is -0.384 e. The number of benzene rings is 1. The Balaban J connectivity index is 1.45. The number of aromatic nitrogens is 1. The van der Waals surface area contributed by atoms with E-state index in [0.717, 1.165) is 16.9 Å². The number of fused-ring (bicyclic) bond motifs is 1. The number of ether oxygens (including phenoxy) is 1. The van der Waals surface area contributed by atoms with Crippen LogP contribution >= 0.6 is 0 Å². The number of amides is 3. The molecule has 2 aliphatic heterocycles. The van der Waals surface area contributed by atoms with Crippen LogP contribution in [0.25, 0.3) is 0 Å². The van der Waals surface area contributed by atoms with Gasteiger partial charge in [-0.05, 0) is 61.1 Å². The van der Waals surface area contributed by atoms with E-state index in [0.29, 0.717) is 25.7 Å². The van der Waals surface area contributed by atoms with Gasteiger partial charge in [0, 0.05) is 24.8 Å². The molecule has 1 aliphatic carbocycles. The van der Waals surface area contributed by atoms with Crippen LogP contribution in [0.2, 0.25) is 0 Å². The van der Waals surface area contributed by atoms with Crippen molar-refractivity contribution in [2.75, 3.05) is 17.7 Å². The van der Waals surface area contributed by atoms with Crippen molar-refractivity contribution in [2.24, 2.45) is 11.8 Å². The first kappa shape index (κ1) is 27.2. The Morgan fingerprint density at radius 3 is 2.62 bits per heavy atom. The Morgan fingerprint density at radius 1 is 1.21 bits per heavy atom. The summed E-state index contributed by atoms with van der Waals surface area (Å²) in [6, 6.07) is 4.59. The molecule has 2 aromatic rings. The van der Waals surface area contributed by atoms with Crippen LogP contribution in [0.15, 0.2) is 42.6 Å². The van der Waals surface area contributed by atoms with Crippen LogP contribution in [0.3, 0.4) is 0 Å². The molecular formula is C27H31F4N5O3. The fourth-order valence-corrected chi connectivity index (χ4v) is 6.01. The Hall–Kier alpha value is -3.41. The minimum atomic E-state index is -4.65. The van der Waals surface area contributed by atoms with Gasteiger partial charge in [0.2, 0.25) is 5.91 Å². The number of hydrogen-bond acceptors (Lipinski definition) is 5. The van der Waals surface area contributed by atoms with Crippen LogP contribution in [-0.4, -0.2) is 59.5 Å². The third kappa shape index (κ3) is 5.66. The van der Waals surface area contributed by atoms with Gasteiger partial charge in [-0.1, -0.05) is 25.3 Å². The van der Waals surface area contributed by atoms with E-state index in [-0.39, 0.29) is 17.9 Å². The maximum Gasteiger partial charge on any atom is 0.408 e. The molecule has 3 heterocycles. The molecule has 0 bridgehead atoms. The molecule has 2 saturated heterocycles. The van der Waals surface area contributed by atoms with Crippen molar-refractivity contribution >= 4 is 23.4 Å². The Kier molecular flexibility index (Phi) is 7.41. The third-order valence-corrected chi connectivity index (χ3v) is 7.99. The molecule has 1 saturated carbocycles. The van der Waals surface area contributed by atoms with Gasteiger partial charge in [-0.15, -0.1) is 0 Å². The molecule has 5 rings (SSSR count). The van der Waals surface area contributed by atoms with Gasteiger partial charge >= 0.3 is 12.2 Å². The second kappa shape index (κ2) is 10.6. The molecule has 3 aliphatic rings. The monoisotopic (exact) mass is 549 g/mol. The van der Waals surface area contributed by atoms with Crippen LogP contribution < -0.4 is 16.0 Å². The number of nitrogens with two attached hydrogens (primary N) is 1. The molecule has 1 aromatic heterocycles. The highest BCUT2D eigenvalue weighted by Gasteiger charge is 2.65. The number of alkyl halides is 3. The van der Waals surface area contributed by atoms with Crippen molar-refractivity contribution < 1.29 is 31.9 Å². The van der Waals surface area contributed by atoms with E-state index in [4.69, 9.17) is 10.5 Å². The number of carbonyl (C=O) groups is 2. The van der Waals surface area contributed by atoms with Crippen molar-refractivity contribution in [1.29, 1.82) is 0 Å². The van der Waals surface area contributed by atoms with Crippen LogP contribution in [0.5, 0.6) is 0 Å². The first-order valence-electron chi connectivity index (χ1n) is 13.1. The number of rotatable bonds is 6. The predicted molar refractivity (Wildman–Crippen MR) is 135 cm³/mol. The lowest BCUT2D eigenvalue weighted by Gasteiger charge is -2.36. The largest absolute Gasteiger partial charge is 0.408 e. The summed E-state index contributed by atoms with van der Waals surface area (Å²) in [5, 5.41) is 2.21. The lowest BCUT2D eigenvalue weighted by Crippen LogP contribution is -2.59. The molecule has 8 nitrogen and oxygen atoms in total. The van der Waals surface area contributed by atoms with Crippen LogP contribution in [0.1, 0.15) is 37.7 Å². The van der Waals surface area contributed by atoms with Crippen molar-refractivity contribution in [3.63, 3.8) is 0 Å². The minimum absolute atomic E-state index is 0.254. The predicted octanol–water partition coefficient (Wildman–Crippen LogP) is 4.25. The van der Waals surface area contributed by atoms with Crippen LogP contribution in [0, 0.1) is 17.7 Å². The number of carbonyl (C=O) groups excluding carboxylic acids is 2. The molecule has 3 amide bonds. The van der Waals surface area contributed by atoms with Gasteiger partial charge in [-0.25, -0.2) is 14.2 Å². The van der Waals surface area contributed by atoms with E-state index in [1.807, 2.05) is 0 Å². The summed E-state index contributed by atoms with van der Waals surface area (Å²) in [4.78, 5) is 33.7. The summed E-state index contributed by atoms with van der Waals surface area (Å²) >= 11 is 0. The highest BCUT2D eigenvalue weighted by molar-refractivity contribution is 5.99. The summed E-state index contributed by atoms with van der Waals surface area (Å²) in [7, 11) is 1.44. The topological polar surface area (TPSA) is 104 Å². The molecule has 210 valence electrons. The second-order valence-corrected chi connectivity index (χ2v) is 10.5. The average molecular weight is 550 g/mol. The quantitative estimate of drug-likeness (QED) is 0.414. The molecule has 12 heteroatoms. The molecule has 0 spiro atoms. The van der Waals surface area contributed by atoms with Crippen LogP contribution in [0.4, 0.5) is 33.9 Å². The van der Waals surface area contributed by atoms with Gasteiger partial charge in [0.25, 0.3) is 0 Å². The Bertz CT molecular complexity index is 1220. The summed E-state index contributed by atoms with van der Waals surface area (Å²) in [5.41, 5.74) is 6.81. The number of anilines is 2. The number of nitrogen functional groups attached to an aromatic ring is 1. The highest BCUT2D eigenvalue weighted by Crippen LogP contribution is 2.47. The zero-order valence-corrected chi connectivity index (χ0v) is 21.4. The Labute approximate surface area is 223 Å². The highest BCUT2D eigenvalue weighted by atomic mass is 19.4. The van der Waals surface area contributed by atoms with Gasteiger partial charge in [0.15, 0.2) is 6.23 Å². The van der Waals surface area contributed by atoms with Gasteiger partial charge < -0.3 is 20.7 Å². The van der Waals surface area contributed by atoms with E-state index < -0.39 is 60.2 Å². The summed E-state index contributed by atoms with van der Waals surface area (Å²) < 4.78 is 62.0. The number of nitrogens with zero attached hydrogens (tertiary/aromatic N) is 3. The van der Waals surface area contributed by atoms with Crippen molar-refractivity contribution in [1.82, 2.24) is 15.2 Å². The smallest absolute Gasteiger partial charge is 0.384 e. The molecule has 3 N–H and O–H groups in total. The number of halogens is 4. The van der Waals surface area contributed by atoms with E-state index in [9.17, 15) is 27.2 Å². The molecule has 5 atom stereocenters. The van der Waals surface area contributed by atoms with Gasteiger partial charge in [0.1, 0.15) is 29.8 Å². The average Bonchev–Trinajstić information content (AvgIpc) is 3.62. The number of likely N-dealkylation sites (N-methyl/N-ethyl adjacent to an activating group) is 1. The fourth-order valence-electron chi connectivity index (χ4n) is 6.01. The molecular weight excluding hydrogens is 518 g/mol. The summed E-state index contributed by atoms with van der Waals surface area (Å²) in [6.07, 6.45) is -1.31. The molecule has 2 unspecified atom stereocenters. The maximum atomic E-state index is 14.1. The lowest BCUT2D eigenvalue weighted by atomic mass is 9.83. The zero-order chi connectivity index (χ0) is 27.9. The van der Waals surface area contributed by atoms with E-state index in [2.05, 4.69) is 10.3 Å². The first-order valence-corrected chi connectivity index (χ1v) is 13.1.